The van der Waals surface area contributed by atoms with Gasteiger partial charge in [-0.25, -0.2) is 4.79 Å². The van der Waals surface area contributed by atoms with Gasteiger partial charge in [0.1, 0.15) is 11.5 Å². The van der Waals surface area contributed by atoms with Crippen molar-refractivity contribution in [2.75, 3.05) is 11.1 Å². The number of carboxylic acid groups (broad SMARTS) is 1. The number of aromatic nitrogens is 4. The molecule has 0 fully saturated rings. The summed E-state index contributed by atoms with van der Waals surface area (Å²) in [4.78, 5) is 22.7. The van der Waals surface area contributed by atoms with E-state index in [9.17, 15) is 9.59 Å². The van der Waals surface area contributed by atoms with Crippen LogP contribution in [0.3, 0.4) is 0 Å². The molecule has 0 unspecified atom stereocenters. The summed E-state index contributed by atoms with van der Waals surface area (Å²) in [6.07, 6.45) is 1.25. The zero-order valence-electron chi connectivity index (χ0n) is 9.34. The minimum Gasteiger partial charge on any atom is -0.476 e. The predicted octanol–water partition coefficient (Wildman–Crippen LogP) is -0.324. The largest absolute Gasteiger partial charge is 0.476 e. The molecule has 9 heteroatoms. The van der Waals surface area contributed by atoms with Crippen molar-refractivity contribution in [3.8, 4) is 0 Å². The number of hydrogen-bond acceptors (Lipinski definition) is 5. The maximum atomic E-state index is 11.7. The monoisotopic (exact) mass is 250 g/mol. The first kappa shape index (κ1) is 11.6. The van der Waals surface area contributed by atoms with Crippen LogP contribution in [0.4, 0.5) is 11.5 Å². The van der Waals surface area contributed by atoms with Crippen LogP contribution in [0.2, 0.25) is 0 Å². The molecule has 0 atom stereocenters. The molecule has 2 heterocycles. The normalized spacial score (nSPS) is 10.3. The molecule has 0 radical (unpaired) electrons. The number of hydrogen-bond donors (Lipinski definition) is 4. The summed E-state index contributed by atoms with van der Waals surface area (Å²) in [6, 6.07) is 1.34. The van der Waals surface area contributed by atoms with Crippen molar-refractivity contribution in [1.29, 1.82) is 0 Å². The van der Waals surface area contributed by atoms with Crippen molar-refractivity contribution >= 4 is 23.4 Å². The van der Waals surface area contributed by atoms with Crippen LogP contribution in [0.25, 0.3) is 0 Å². The SMILES string of the molecule is Cn1ncc(NC(=O)c2cc(N)n[nH]2)c1C(=O)O. The van der Waals surface area contributed by atoms with E-state index >= 15 is 0 Å². The number of nitrogens with zero attached hydrogens (tertiary/aromatic N) is 3. The second kappa shape index (κ2) is 4.20. The molecule has 2 rings (SSSR count). The lowest BCUT2D eigenvalue weighted by atomic mass is 10.3. The number of aryl methyl sites for hydroxylation is 1. The third-order valence-electron chi connectivity index (χ3n) is 2.23. The molecular weight excluding hydrogens is 240 g/mol. The van der Waals surface area contributed by atoms with Gasteiger partial charge in [-0.2, -0.15) is 10.2 Å². The topological polar surface area (TPSA) is 139 Å². The maximum Gasteiger partial charge on any atom is 0.356 e. The fourth-order valence-electron chi connectivity index (χ4n) is 1.43. The summed E-state index contributed by atoms with van der Waals surface area (Å²) in [5.41, 5.74) is 5.48. The Bertz CT molecular complexity index is 614. The van der Waals surface area contributed by atoms with Gasteiger partial charge in [0.05, 0.1) is 11.9 Å². The van der Waals surface area contributed by atoms with Crippen LogP contribution in [0.5, 0.6) is 0 Å². The minimum absolute atomic E-state index is 0.100. The molecule has 2 aromatic heterocycles. The molecule has 0 aliphatic heterocycles. The number of nitrogen functional groups attached to an aromatic ring is 1. The summed E-state index contributed by atoms with van der Waals surface area (Å²) in [5, 5.41) is 21.2. The Labute approximate surface area is 101 Å². The van der Waals surface area contributed by atoms with Crippen molar-refractivity contribution in [2.45, 2.75) is 0 Å². The first-order valence-electron chi connectivity index (χ1n) is 4.86. The van der Waals surface area contributed by atoms with Crippen molar-refractivity contribution in [3.63, 3.8) is 0 Å². The van der Waals surface area contributed by atoms with Gasteiger partial charge in [0.15, 0.2) is 5.69 Å². The van der Waals surface area contributed by atoms with Gasteiger partial charge < -0.3 is 16.2 Å². The summed E-state index contributed by atoms with van der Waals surface area (Å²) in [6.45, 7) is 0. The van der Waals surface area contributed by atoms with Crippen LogP contribution in [0.1, 0.15) is 21.0 Å². The first-order valence-corrected chi connectivity index (χ1v) is 4.86. The van der Waals surface area contributed by atoms with Crippen molar-refractivity contribution in [3.05, 3.63) is 23.7 Å². The number of carbonyl (C=O) groups is 2. The number of aromatic carboxylic acids is 1. The van der Waals surface area contributed by atoms with Gasteiger partial charge in [0.2, 0.25) is 0 Å². The maximum absolute atomic E-state index is 11.7. The number of nitrogens with two attached hydrogens (primary N) is 1. The van der Waals surface area contributed by atoms with E-state index in [4.69, 9.17) is 10.8 Å². The van der Waals surface area contributed by atoms with E-state index in [1.165, 1.54) is 19.3 Å². The third-order valence-corrected chi connectivity index (χ3v) is 2.23. The Hall–Kier alpha value is -2.84. The second-order valence-corrected chi connectivity index (χ2v) is 3.50. The predicted molar refractivity (Wildman–Crippen MR) is 61.1 cm³/mol. The van der Waals surface area contributed by atoms with E-state index in [1.807, 2.05) is 0 Å². The molecule has 1 amide bonds. The number of nitrogens with one attached hydrogen (secondary N) is 2. The van der Waals surface area contributed by atoms with Crippen LogP contribution in [-0.2, 0) is 7.05 Å². The first-order chi connectivity index (χ1) is 8.49. The highest BCUT2D eigenvalue weighted by atomic mass is 16.4. The van der Waals surface area contributed by atoms with Crippen LogP contribution in [-0.4, -0.2) is 37.0 Å². The van der Waals surface area contributed by atoms with E-state index in [2.05, 4.69) is 20.6 Å². The van der Waals surface area contributed by atoms with E-state index in [1.54, 1.807) is 0 Å². The molecule has 0 bridgehead atoms. The molecule has 0 aliphatic carbocycles. The number of aromatic amines is 1. The molecule has 0 aliphatic rings. The second-order valence-electron chi connectivity index (χ2n) is 3.50. The van der Waals surface area contributed by atoms with E-state index in [0.29, 0.717) is 0 Å². The molecule has 5 N–H and O–H groups in total. The molecule has 0 aromatic carbocycles. The summed E-state index contributed by atoms with van der Waals surface area (Å²) in [5.74, 6) is -1.56. The number of rotatable bonds is 3. The Kier molecular flexibility index (Phi) is 2.72. The van der Waals surface area contributed by atoms with Crippen LogP contribution in [0, 0.1) is 0 Å². The highest BCUT2D eigenvalue weighted by Gasteiger charge is 2.18. The Morgan fingerprint density at radius 2 is 2.28 bits per heavy atom. The lowest BCUT2D eigenvalue weighted by Gasteiger charge is -2.02. The standard InChI is InChI=1S/C9H10N6O3/c1-15-7(9(17)18)5(3-11-15)12-8(16)4-2-6(10)14-13-4/h2-3H,1H3,(H,12,16)(H,17,18)(H3,10,13,14). The van der Waals surface area contributed by atoms with Crippen molar-refractivity contribution in [2.24, 2.45) is 7.05 Å². The number of carbonyl (C=O) groups excluding carboxylic acids is 1. The zero-order valence-corrected chi connectivity index (χ0v) is 9.34. The highest BCUT2D eigenvalue weighted by molar-refractivity contribution is 6.06. The van der Waals surface area contributed by atoms with Crippen LogP contribution in [0.15, 0.2) is 12.3 Å². The van der Waals surface area contributed by atoms with Gasteiger partial charge in [-0.15, -0.1) is 0 Å². The molecule has 2 aromatic rings. The smallest absolute Gasteiger partial charge is 0.356 e. The van der Waals surface area contributed by atoms with Gasteiger partial charge in [-0.3, -0.25) is 14.6 Å². The average molecular weight is 250 g/mol. The average Bonchev–Trinajstić information content (AvgIpc) is 2.85. The van der Waals surface area contributed by atoms with Gasteiger partial charge in [0.25, 0.3) is 5.91 Å². The molecule has 9 nitrogen and oxygen atoms in total. The number of carboxylic acids is 1. The molecule has 0 saturated heterocycles. The zero-order chi connectivity index (χ0) is 13.3. The molecule has 18 heavy (non-hydrogen) atoms. The highest BCUT2D eigenvalue weighted by Crippen LogP contribution is 2.15. The van der Waals surface area contributed by atoms with E-state index < -0.39 is 11.9 Å². The van der Waals surface area contributed by atoms with Gasteiger partial charge in [0, 0.05) is 13.1 Å². The lowest BCUT2D eigenvalue weighted by molar-refractivity contribution is 0.0686. The quantitative estimate of drug-likeness (QED) is 0.588. The summed E-state index contributed by atoms with van der Waals surface area (Å²) >= 11 is 0. The Morgan fingerprint density at radius 3 is 2.83 bits per heavy atom. The van der Waals surface area contributed by atoms with E-state index in [-0.39, 0.29) is 22.9 Å². The van der Waals surface area contributed by atoms with Gasteiger partial charge >= 0.3 is 5.97 Å². The van der Waals surface area contributed by atoms with Gasteiger partial charge in [-0.1, -0.05) is 0 Å². The number of H-pyrrole nitrogens is 1. The molecule has 0 spiro atoms. The molecule has 0 saturated carbocycles. The lowest BCUT2D eigenvalue weighted by Crippen LogP contribution is -2.15. The number of amides is 1. The summed E-state index contributed by atoms with van der Waals surface area (Å²) < 4.78 is 1.15. The minimum atomic E-state index is -1.19. The molecular formula is C9H10N6O3. The van der Waals surface area contributed by atoms with E-state index in [0.717, 1.165) is 4.68 Å². The van der Waals surface area contributed by atoms with Crippen molar-refractivity contribution in [1.82, 2.24) is 20.0 Å². The van der Waals surface area contributed by atoms with Gasteiger partial charge in [-0.05, 0) is 0 Å². The summed E-state index contributed by atoms with van der Waals surface area (Å²) in [7, 11) is 1.47. The third kappa shape index (κ3) is 2.00. The molecule has 94 valence electrons. The fraction of sp³-hybridized carbons (Fsp3) is 0.111. The number of anilines is 2. The fourth-order valence-corrected chi connectivity index (χ4v) is 1.43. The van der Waals surface area contributed by atoms with Crippen molar-refractivity contribution < 1.29 is 14.7 Å². The Balaban J connectivity index is 2.25. The van der Waals surface area contributed by atoms with Crippen LogP contribution >= 0.6 is 0 Å². The Morgan fingerprint density at radius 1 is 1.56 bits per heavy atom. The van der Waals surface area contributed by atoms with Crippen LogP contribution < -0.4 is 11.1 Å².